The average molecular weight is 845 g/mol. The molecule has 15 heteroatoms. The van der Waals surface area contributed by atoms with Gasteiger partial charge in [-0.15, -0.1) is 46.4 Å². The summed E-state index contributed by atoms with van der Waals surface area (Å²) in [6, 6.07) is 19.4. The van der Waals surface area contributed by atoms with Crippen molar-refractivity contribution in [1.82, 2.24) is 0 Å². The van der Waals surface area contributed by atoms with Crippen LogP contribution in [0.1, 0.15) is 87.7 Å². The van der Waals surface area contributed by atoms with Gasteiger partial charge in [-0.1, -0.05) is 60.7 Å². The molecule has 0 saturated carbocycles. The molecule has 0 heterocycles. The van der Waals surface area contributed by atoms with Gasteiger partial charge < -0.3 is 11.1 Å². The lowest BCUT2D eigenvalue weighted by molar-refractivity contribution is -0.117. The Morgan fingerprint density at radius 2 is 0.945 bits per heavy atom. The lowest BCUT2D eigenvalue weighted by Gasteiger charge is -2.22. The number of amides is 1. The molecular weight excluding hydrogens is 814 g/mol. The molecule has 284 valence electrons. The van der Waals surface area contributed by atoms with E-state index < -0.39 is 5.91 Å². The minimum absolute atomic E-state index is 0.0346. The number of fused-ring (bicyclic) bond motifs is 4. The van der Waals surface area contributed by atoms with Crippen molar-refractivity contribution in [3.8, 4) is 0 Å². The molecule has 55 heavy (non-hydrogen) atoms. The van der Waals surface area contributed by atoms with Crippen LogP contribution < -0.4 is 11.1 Å². The van der Waals surface area contributed by atoms with Gasteiger partial charge in [0.05, 0.1) is 28.6 Å². The number of benzene rings is 4. The van der Waals surface area contributed by atoms with Crippen LogP contribution in [0.2, 0.25) is 0 Å². The Kier molecular flexibility index (Phi) is 15.4. The van der Waals surface area contributed by atoms with Crippen LogP contribution in [0.4, 0.5) is 11.4 Å². The molecule has 1 amide bonds. The highest BCUT2D eigenvalue weighted by atomic mass is 35.5. The summed E-state index contributed by atoms with van der Waals surface area (Å²) in [6.45, 7) is 0. The zero-order valence-electron chi connectivity index (χ0n) is 28.8. The number of nitrogens with one attached hydrogen (secondary N) is 1. The summed E-state index contributed by atoms with van der Waals surface area (Å²) in [5, 5.41) is 2.29. The summed E-state index contributed by atoms with van der Waals surface area (Å²) >= 11 is 26.7. The van der Waals surface area contributed by atoms with Gasteiger partial charge in [0.15, 0.2) is 34.7 Å². The quantitative estimate of drug-likeness (QED) is 0.0780. The van der Waals surface area contributed by atoms with Crippen molar-refractivity contribution in [2.45, 2.75) is 25.7 Å². The summed E-state index contributed by atoms with van der Waals surface area (Å²) in [4.78, 5) is 96.3. The van der Waals surface area contributed by atoms with Gasteiger partial charge in [-0.2, -0.15) is 0 Å². The number of ketones is 6. The van der Waals surface area contributed by atoms with Gasteiger partial charge in [-0.3, -0.25) is 38.4 Å². The third-order valence-electron chi connectivity index (χ3n) is 8.35. The number of rotatable bonds is 11. The minimum Gasteiger partial charge on any atom is -0.398 e. The van der Waals surface area contributed by atoms with E-state index >= 15 is 0 Å². The average Bonchev–Trinajstić information content (AvgIpc) is 3.17. The fraction of sp³-hybridized carbons (Fsp3) is 0.200. The Bertz CT molecular complexity index is 2240. The number of nitrogen functional groups attached to an aromatic ring is 1. The molecule has 0 unspecified atom stereocenters. The van der Waals surface area contributed by atoms with Crippen LogP contribution in [0.25, 0.3) is 0 Å². The maximum atomic E-state index is 13.1. The van der Waals surface area contributed by atoms with Gasteiger partial charge in [-0.05, 0) is 34.9 Å². The Morgan fingerprint density at radius 1 is 0.527 bits per heavy atom. The van der Waals surface area contributed by atoms with Crippen molar-refractivity contribution in [1.29, 1.82) is 0 Å². The SMILES string of the molecule is Nc1c(CC(=O)CCl)ccc2c1C(=O)c1ccccc1C2=O.O=C(CCl)Cc1ccc2c(c1NC(=O)CCCl)C(=O)c1ccccc1C2=O.O=C(Cl)CCCl. The molecule has 2 aliphatic rings. The van der Waals surface area contributed by atoms with Crippen LogP contribution in [0.3, 0.4) is 0 Å². The number of nitrogens with two attached hydrogens (primary N) is 1. The topological polar surface area (TPSA) is 175 Å². The molecule has 4 aromatic carbocycles. The van der Waals surface area contributed by atoms with Gasteiger partial charge in [0.2, 0.25) is 11.1 Å². The van der Waals surface area contributed by atoms with E-state index in [9.17, 15) is 38.4 Å². The highest BCUT2D eigenvalue weighted by Gasteiger charge is 2.34. The van der Waals surface area contributed by atoms with Crippen molar-refractivity contribution in [3.05, 3.63) is 128 Å². The van der Waals surface area contributed by atoms with Crippen molar-refractivity contribution in [2.24, 2.45) is 0 Å². The first-order chi connectivity index (χ1) is 26.3. The van der Waals surface area contributed by atoms with Crippen LogP contribution in [0.5, 0.6) is 0 Å². The maximum Gasteiger partial charge on any atom is 0.225 e. The van der Waals surface area contributed by atoms with Crippen LogP contribution >= 0.6 is 58.0 Å². The van der Waals surface area contributed by atoms with E-state index in [0.29, 0.717) is 33.7 Å². The van der Waals surface area contributed by atoms with E-state index in [2.05, 4.69) is 5.32 Å². The maximum absolute atomic E-state index is 13.1. The molecule has 2 aliphatic carbocycles. The first kappa shape index (κ1) is 43.0. The molecule has 0 saturated heterocycles. The molecule has 0 bridgehead atoms. The molecule has 6 rings (SSSR count). The predicted molar refractivity (Wildman–Crippen MR) is 213 cm³/mol. The van der Waals surface area contributed by atoms with Crippen molar-refractivity contribution < 1.29 is 38.4 Å². The lowest BCUT2D eigenvalue weighted by atomic mass is 9.81. The standard InChI is InChI=1S/C20H15Cl2NO4.C17H12ClNO3.C3H4Cl2O/c21-8-7-16(25)23-18-11(9-12(24)10-22)5-6-15-17(18)20(27)14-4-2-1-3-13(14)19(15)26;18-8-10(20)7-9-5-6-13-14(15(9)19)17(22)12-4-2-1-3-11(12)16(13)21;4-2-1-3(5)6/h1-6H,7-10H2,(H,23,25);1-6H,7-8,19H2;1-2H2. The van der Waals surface area contributed by atoms with Crippen molar-refractivity contribution in [3.63, 3.8) is 0 Å². The number of anilines is 2. The van der Waals surface area contributed by atoms with E-state index in [1.165, 1.54) is 6.07 Å². The molecule has 0 spiro atoms. The largest absolute Gasteiger partial charge is 0.398 e. The molecule has 0 fully saturated rings. The van der Waals surface area contributed by atoms with Gasteiger partial charge in [-0.25, -0.2) is 0 Å². The second-order valence-corrected chi connectivity index (χ2v) is 13.7. The summed E-state index contributed by atoms with van der Waals surface area (Å²) in [6.07, 6.45) is 0.290. The number of hydrogen-bond donors (Lipinski definition) is 2. The van der Waals surface area contributed by atoms with Gasteiger partial charge >= 0.3 is 0 Å². The van der Waals surface area contributed by atoms with E-state index in [-0.39, 0.29) is 122 Å². The zero-order chi connectivity index (χ0) is 40.4. The Morgan fingerprint density at radius 3 is 1.38 bits per heavy atom. The molecule has 0 atom stereocenters. The third-order valence-corrected chi connectivity index (χ3v) is 9.52. The molecule has 10 nitrogen and oxygen atoms in total. The molecule has 0 aromatic heterocycles. The lowest BCUT2D eigenvalue weighted by Crippen LogP contribution is -2.25. The highest BCUT2D eigenvalue weighted by molar-refractivity contribution is 6.63. The number of alkyl halides is 4. The summed E-state index contributed by atoms with van der Waals surface area (Å²) in [5.74, 6) is -1.94. The number of halogens is 5. The molecule has 4 aromatic rings. The number of carbonyl (C=O) groups excluding carboxylic acids is 8. The Balaban J connectivity index is 0.000000216. The summed E-state index contributed by atoms with van der Waals surface area (Å²) < 4.78 is 0. The van der Waals surface area contributed by atoms with E-state index in [0.717, 1.165) is 0 Å². The van der Waals surface area contributed by atoms with Crippen LogP contribution in [0.15, 0.2) is 72.8 Å². The molecule has 3 N–H and O–H groups in total. The van der Waals surface area contributed by atoms with Crippen LogP contribution in [-0.4, -0.2) is 69.4 Å². The van der Waals surface area contributed by atoms with Gasteiger partial charge in [0.1, 0.15) is 0 Å². The van der Waals surface area contributed by atoms with E-state index in [4.69, 9.17) is 63.7 Å². The molecule has 0 radical (unpaired) electrons. The number of hydrogen-bond acceptors (Lipinski definition) is 9. The Hall–Kier alpha value is -4.71. The van der Waals surface area contributed by atoms with Crippen LogP contribution in [-0.2, 0) is 32.0 Å². The van der Waals surface area contributed by atoms with Crippen LogP contribution in [0, 0.1) is 0 Å². The van der Waals surface area contributed by atoms with Crippen molar-refractivity contribution >= 4 is 115 Å². The first-order valence-electron chi connectivity index (χ1n) is 16.5. The number of Topliss-reactive ketones (excluding diaryl/α,β-unsaturated/α-hetero) is 2. The van der Waals surface area contributed by atoms with Gasteiger partial charge in [0.25, 0.3) is 0 Å². The normalized spacial score (nSPS) is 12.1. The number of carbonyl (C=O) groups is 8. The van der Waals surface area contributed by atoms with E-state index in [1.54, 1.807) is 66.7 Å². The first-order valence-corrected chi connectivity index (χ1v) is 19.0. The molecule has 0 aliphatic heterocycles. The predicted octanol–water partition coefficient (Wildman–Crippen LogP) is 7.16. The third kappa shape index (κ3) is 9.94. The fourth-order valence-electron chi connectivity index (χ4n) is 5.81. The molecular formula is C40H31Cl5N2O8. The smallest absolute Gasteiger partial charge is 0.225 e. The van der Waals surface area contributed by atoms with Crippen molar-refractivity contribution in [2.75, 3.05) is 34.6 Å². The zero-order valence-corrected chi connectivity index (χ0v) is 32.6. The highest BCUT2D eigenvalue weighted by Crippen LogP contribution is 2.35. The minimum atomic E-state index is -0.405. The monoisotopic (exact) mass is 842 g/mol. The second-order valence-electron chi connectivity index (χ2n) is 12.0. The summed E-state index contributed by atoms with van der Waals surface area (Å²) in [7, 11) is 0. The fourth-order valence-corrected chi connectivity index (χ4v) is 6.53. The summed E-state index contributed by atoms with van der Waals surface area (Å²) in [5.41, 5.74) is 9.42. The Labute approximate surface area is 340 Å². The van der Waals surface area contributed by atoms with E-state index in [1.807, 2.05) is 0 Å². The van der Waals surface area contributed by atoms with Gasteiger partial charge in [0, 0.05) is 76.5 Å². The second kappa shape index (κ2) is 19.7.